The molecule has 0 spiro atoms. The average molecular weight is 261 g/mol. The lowest BCUT2D eigenvalue weighted by Gasteiger charge is -2.39. The molecule has 0 saturated heterocycles. The summed E-state index contributed by atoms with van der Waals surface area (Å²) in [5, 5.41) is 24.2. The van der Waals surface area contributed by atoms with Crippen LogP contribution in [0.25, 0.3) is 0 Å². The predicted molar refractivity (Wildman–Crippen MR) is 73.0 cm³/mol. The van der Waals surface area contributed by atoms with Crippen molar-refractivity contribution in [3.8, 4) is 6.07 Å². The van der Waals surface area contributed by atoms with E-state index in [1.165, 1.54) is 0 Å². The third-order valence-corrected chi connectivity index (χ3v) is 4.65. The lowest BCUT2D eigenvalue weighted by Crippen LogP contribution is -2.33. The molecule has 1 aliphatic carbocycles. The quantitative estimate of drug-likeness (QED) is 0.910. The van der Waals surface area contributed by atoms with E-state index in [0.29, 0.717) is 11.8 Å². The van der Waals surface area contributed by atoms with Crippen LogP contribution in [0.3, 0.4) is 0 Å². The molecule has 1 fully saturated rings. The van der Waals surface area contributed by atoms with Gasteiger partial charge in [0, 0.05) is 18.8 Å². The summed E-state index contributed by atoms with van der Waals surface area (Å²) in [5.41, 5.74) is 0.126. The highest BCUT2D eigenvalue weighted by Gasteiger charge is 2.43. The standard InChI is InChI=1S/C15H23N3O/c1-11(2)12-4-6-15(10-16,7-5-12)14(19)13-8-17-18(3)9-13/h8-9,11-12,14,19H,4-7H2,1-3H3. The van der Waals surface area contributed by atoms with E-state index in [0.717, 1.165) is 31.2 Å². The van der Waals surface area contributed by atoms with E-state index in [1.807, 2.05) is 7.05 Å². The minimum Gasteiger partial charge on any atom is -0.387 e. The topological polar surface area (TPSA) is 61.8 Å². The molecule has 0 bridgehead atoms. The molecule has 1 aromatic rings. The first-order valence-electron chi connectivity index (χ1n) is 7.06. The van der Waals surface area contributed by atoms with E-state index in [2.05, 4.69) is 25.0 Å². The molecule has 1 atom stereocenters. The van der Waals surface area contributed by atoms with Gasteiger partial charge in [0.2, 0.25) is 0 Å². The molecule has 1 saturated carbocycles. The number of hydrogen-bond donors (Lipinski definition) is 1. The van der Waals surface area contributed by atoms with Crippen molar-refractivity contribution in [3.63, 3.8) is 0 Å². The highest BCUT2D eigenvalue weighted by molar-refractivity contribution is 5.18. The fourth-order valence-electron chi connectivity index (χ4n) is 3.17. The van der Waals surface area contributed by atoms with Crippen LogP contribution in [0.2, 0.25) is 0 Å². The lowest BCUT2D eigenvalue weighted by molar-refractivity contribution is 0.0190. The molecular weight excluding hydrogens is 238 g/mol. The largest absolute Gasteiger partial charge is 0.387 e. The van der Waals surface area contributed by atoms with Gasteiger partial charge >= 0.3 is 0 Å². The van der Waals surface area contributed by atoms with E-state index in [1.54, 1.807) is 17.1 Å². The van der Waals surface area contributed by atoms with Gasteiger partial charge in [-0.2, -0.15) is 10.4 Å². The number of nitrogens with zero attached hydrogens (tertiary/aromatic N) is 3. The van der Waals surface area contributed by atoms with Crippen molar-refractivity contribution in [2.75, 3.05) is 0 Å². The van der Waals surface area contributed by atoms with Gasteiger partial charge in [-0.25, -0.2) is 0 Å². The van der Waals surface area contributed by atoms with Gasteiger partial charge in [-0.15, -0.1) is 0 Å². The zero-order chi connectivity index (χ0) is 14.0. The maximum absolute atomic E-state index is 10.6. The first kappa shape index (κ1) is 14.1. The van der Waals surface area contributed by atoms with Crippen molar-refractivity contribution in [1.82, 2.24) is 9.78 Å². The van der Waals surface area contributed by atoms with Gasteiger partial charge in [-0.05, 0) is 37.5 Å². The molecule has 4 nitrogen and oxygen atoms in total. The van der Waals surface area contributed by atoms with Crippen molar-refractivity contribution in [2.45, 2.75) is 45.6 Å². The maximum Gasteiger partial charge on any atom is 0.101 e. The smallest absolute Gasteiger partial charge is 0.101 e. The van der Waals surface area contributed by atoms with Crippen molar-refractivity contribution in [3.05, 3.63) is 18.0 Å². The van der Waals surface area contributed by atoms with Crippen LogP contribution in [-0.4, -0.2) is 14.9 Å². The third kappa shape index (κ3) is 2.66. The minimum atomic E-state index is -0.723. The molecular formula is C15H23N3O. The van der Waals surface area contributed by atoms with Crippen molar-refractivity contribution >= 4 is 0 Å². The third-order valence-electron chi connectivity index (χ3n) is 4.65. The van der Waals surface area contributed by atoms with Crippen LogP contribution in [0, 0.1) is 28.6 Å². The predicted octanol–water partition coefficient (Wildman–Crippen LogP) is 2.81. The summed E-state index contributed by atoms with van der Waals surface area (Å²) in [6.45, 7) is 4.48. The number of aliphatic hydroxyl groups excluding tert-OH is 1. The van der Waals surface area contributed by atoms with E-state index in [9.17, 15) is 10.4 Å². The summed E-state index contributed by atoms with van der Waals surface area (Å²) in [4.78, 5) is 0. The van der Waals surface area contributed by atoms with Gasteiger partial charge in [0.25, 0.3) is 0 Å². The molecule has 0 aliphatic heterocycles. The van der Waals surface area contributed by atoms with E-state index in [-0.39, 0.29) is 0 Å². The molecule has 1 aliphatic rings. The van der Waals surface area contributed by atoms with E-state index >= 15 is 0 Å². The molecule has 0 radical (unpaired) electrons. The van der Waals surface area contributed by atoms with Crippen molar-refractivity contribution in [1.29, 1.82) is 5.26 Å². The Labute approximate surface area is 115 Å². The average Bonchev–Trinajstić information content (AvgIpc) is 2.84. The Kier molecular flexibility index (Phi) is 3.96. The van der Waals surface area contributed by atoms with Crippen LogP contribution in [0.1, 0.15) is 51.2 Å². The number of hydrogen-bond acceptors (Lipinski definition) is 3. The number of aromatic nitrogens is 2. The Balaban J connectivity index is 2.14. The molecule has 0 aromatic carbocycles. The number of aryl methyl sites for hydroxylation is 1. The SMILES string of the molecule is CC(C)C1CCC(C#N)(C(O)c2cnn(C)c2)CC1. The highest BCUT2D eigenvalue weighted by atomic mass is 16.3. The molecule has 1 N–H and O–H groups in total. The van der Waals surface area contributed by atoms with Crippen LogP contribution >= 0.6 is 0 Å². The fraction of sp³-hybridized carbons (Fsp3) is 0.733. The second kappa shape index (κ2) is 5.34. The monoisotopic (exact) mass is 261 g/mol. The zero-order valence-corrected chi connectivity index (χ0v) is 12.0. The van der Waals surface area contributed by atoms with Gasteiger partial charge < -0.3 is 5.11 Å². The van der Waals surface area contributed by atoms with Gasteiger partial charge in [-0.1, -0.05) is 13.8 Å². The molecule has 19 heavy (non-hydrogen) atoms. The Morgan fingerprint density at radius 1 is 1.47 bits per heavy atom. The van der Waals surface area contributed by atoms with Gasteiger partial charge in [0.1, 0.15) is 6.10 Å². The first-order valence-corrected chi connectivity index (χ1v) is 7.06. The van der Waals surface area contributed by atoms with Gasteiger partial charge in [0.15, 0.2) is 0 Å². The summed E-state index contributed by atoms with van der Waals surface area (Å²) in [7, 11) is 1.82. The van der Waals surface area contributed by atoms with Crippen LogP contribution in [0.15, 0.2) is 12.4 Å². The van der Waals surface area contributed by atoms with Crippen molar-refractivity contribution in [2.24, 2.45) is 24.3 Å². The Morgan fingerprint density at radius 2 is 2.11 bits per heavy atom. The van der Waals surface area contributed by atoms with Gasteiger partial charge in [0.05, 0.1) is 17.7 Å². The Morgan fingerprint density at radius 3 is 2.53 bits per heavy atom. The molecule has 1 heterocycles. The fourth-order valence-corrected chi connectivity index (χ4v) is 3.17. The summed E-state index contributed by atoms with van der Waals surface area (Å²) < 4.78 is 1.67. The number of aliphatic hydroxyl groups is 1. The van der Waals surface area contributed by atoms with Crippen LogP contribution in [0.4, 0.5) is 0 Å². The zero-order valence-electron chi connectivity index (χ0n) is 12.0. The van der Waals surface area contributed by atoms with Crippen molar-refractivity contribution < 1.29 is 5.11 Å². The first-order chi connectivity index (χ1) is 8.98. The van der Waals surface area contributed by atoms with Gasteiger partial charge in [-0.3, -0.25) is 4.68 Å². The van der Waals surface area contributed by atoms with Crippen LogP contribution in [0.5, 0.6) is 0 Å². The molecule has 4 heteroatoms. The second-order valence-electron chi connectivity index (χ2n) is 6.20. The summed E-state index contributed by atoms with van der Waals surface area (Å²) in [5.74, 6) is 1.34. The normalized spacial score (nSPS) is 29.2. The number of nitriles is 1. The number of rotatable bonds is 3. The highest BCUT2D eigenvalue weighted by Crippen LogP contribution is 2.48. The summed E-state index contributed by atoms with van der Waals surface area (Å²) >= 11 is 0. The molecule has 0 amide bonds. The summed E-state index contributed by atoms with van der Waals surface area (Å²) in [6, 6.07) is 2.40. The Bertz CT molecular complexity index is 464. The Hall–Kier alpha value is -1.34. The van der Waals surface area contributed by atoms with Crippen LogP contribution in [-0.2, 0) is 7.05 Å². The maximum atomic E-state index is 10.6. The molecule has 1 aromatic heterocycles. The summed E-state index contributed by atoms with van der Waals surface area (Å²) in [6.07, 6.45) is 6.37. The molecule has 2 rings (SSSR count). The minimum absolute atomic E-state index is 0.631. The van der Waals surface area contributed by atoms with E-state index < -0.39 is 11.5 Å². The lowest BCUT2D eigenvalue weighted by atomic mass is 9.65. The molecule has 1 unspecified atom stereocenters. The molecule has 104 valence electrons. The van der Waals surface area contributed by atoms with E-state index in [4.69, 9.17) is 0 Å². The second-order valence-corrected chi connectivity index (χ2v) is 6.20. The van der Waals surface area contributed by atoms with Crippen LogP contribution < -0.4 is 0 Å².